The number of rotatable bonds is 9. The van der Waals surface area contributed by atoms with Gasteiger partial charge < -0.3 is 9.30 Å². The van der Waals surface area contributed by atoms with Crippen LogP contribution in [0.4, 0.5) is 11.4 Å². The minimum atomic E-state index is -0.444. The smallest absolute Gasteiger partial charge is 0.278 e. The number of hydrogen-bond acceptors (Lipinski definition) is 9. The van der Waals surface area contributed by atoms with E-state index in [2.05, 4.69) is 9.88 Å². The molecule has 3 aromatic rings. The molecule has 1 aliphatic rings. The zero-order valence-corrected chi connectivity index (χ0v) is 20.5. The van der Waals surface area contributed by atoms with E-state index < -0.39 is 9.85 Å². The third-order valence-electron chi connectivity index (χ3n) is 6.08. The fourth-order valence-electron chi connectivity index (χ4n) is 4.08. The van der Waals surface area contributed by atoms with Crippen LogP contribution in [0.5, 0.6) is 0 Å². The van der Waals surface area contributed by atoms with E-state index in [1.165, 1.54) is 23.9 Å². The fraction of sp³-hybridized carbons (Fsp3) is 0.333. The van der Waals surface area contributed by atoms with E-state index in [1.54, 1.807) is 41.0 Å². The second-order valence-corrected chi connectivity index (χ2v) is 9.24. The third-order valence-corrected chi connectivity index (χ3v) is 7.10. The number of aromatic nitrogens is 2. The Bertz CT molecular complexity index is 1340. The molecule has 188 valence electrons. The van der Waals surface area contributed by atoms with Crippen LogP contribution in [0, 0.1) is 27.2 Å². The van der Waals surface area contributed by atoms with Crippen molar-refractivity contribution in [3.05, 3.63) is 101 Å². The molecular weight excluding hydrogens is 486 g/mol. The number of benzene rings is 2. The van der Waals surface area contributed by atoms with Gasteiger partial charge >= 0.3 is 0 Å². The molecule has 0 radical (unpaired) electrons. The average molecular weight is 512 g/mol. The monoisotopic (exact) mass is 511 g/mol. The molecule has 0 spiro atoms. The van der Waals surface area contributed by atoms with Crippen molar-refractivity contribution >= 4 is 23.1 Å². The normalized spacial score (nSPS) is 14.0. The van der Waals surface area contributed by atoms with E-state index in [0.717, 1.165) is 0 Å². The second-order valence-electron chi connectivity index (χ2n) is 8.30. The van der Waals surface area contributed by atoms with Crippen molar-refractivity contribution in [3.63, 3.8) is 0 Å². The molecule has 0 aliphatic carbocycles. The van der Waals surface area contributed by atoms with E-state index in [0.29, 0.717) is 60.4 Å². The zero-order chi connectivity index (χ0) is 25.7. The molecule has 0 atom stereocenters. The molecule has 0 unspecified atom stereocenters. The Morgan fingerprint density at radius 2 is 1.53 bits per heavy atom. The van der Waals surface area contributed by atoms with Crippen LogP contribution in [0.1, 0.15) is 22.4 Å². The van der Waals surface area contributed by atoms with Gasteiger partial charge in [-0.15, -0.1) is 0 Å². The van der Waals surface area contributed by atoms with Gasteiger partial charge in [-0.2, -0.15) is 4.98 Å². The van der Waals surface area contributed by atoms with Gasteiger partial charge in [0.15, 0.2) is 5.16 Å². The Balaban J connectivity index is 1.74. The molecule has 11 nitrogen and oxygen atoms in total. The highest BCUT2D eigenvalue weighted by Gasteiger charge is 2.22. The van der Waals surface area contributed by atoms with Crippen LogP contribution in [-0.4, -0.2) is 50.6 Å². The molecule has 0 saturated carbocycles. The molecule has 1 fully saturated rings. The maximum Gasteiger partial charge on any atom is 0.278 e. The van der Waals surface area contributed by atoms with Crippen LogP contribution in [0.15, 0.2) is 58.5 Å². The molecule has 1 saturated heterocycles. The number of hydrogen-bond donors (Lipinski definition) is 0. The number of thioether (sulfide) groups is 1. The van der Waals surface area contributed by atoms with Gasteiger partial charge in [0.25, 0.3) is 16.9 Å². The molecular formula is C24H25N5O6S. The van der Waals surface area contributed by atoms with Crippen molar-refractivity contribution in [3.8, 4) is 0 Å². The minimum absolute atomic E-state index is 0.0155. The molecule has 2 aromatic carbocycles. The Hall–Kier alpha value is -3.61. The summed E-state index contributed by atoms with van der Waals surface area (Å²) in [5.74, 6) is 0.211. The van der Waals surface area contributed by atoms with E-state index in [1.807, 2.05) is 6.92 Å². The minimum Gasteiger partial charge on any atom is -0.379 e. The number of nitro benzene ring substituents is 2. The lowest BCUT2D eigenvalue weighted by Crippen LogP contribution is -2.38. The molecule has 12 heteroatoms. The number of morpholine rings is 1. The molecule has 1 aliphatic heterocycles. The first-order valence-electron chi connectivity index (χ1n) is 11.3. The Morgan fingerprint density at radius 1 is 0.944 bits per heavy atom. The summed E-state index contributed by atoms with van der Waals surface area (Å²) < 4.78 is 7.19. The number of ether oxygens (including phenoxy) is 1. The maximum atomic E-state index is 13.1. The molecule has 4 rings (SSSR count). The summed E-state index contributed by atoms with van der Waals surface area (Å²) in [5.41, 5.74) is 1.73. The molecule has 1 aromatic heterocycles. The fourth-order valence-corrected chi connectivity index (χ4v) is 5.12. The summed E-state index contributed by atoms with van der Waals surface area (Å²) in [4.78, 5) is 41.7. The van der Waals surface area contributed by atoms with Gasteiger partial charge in [0.2, 0.25) is 0 Å². The van der Waals surface area contributed by atoms with E-state index in [-0.39, 0.29) is 29.2 Å². The van der Waals surface area contributed by atoms with Gasteiger partial charge in [-0.05, 0) is 6.92 Å². The highest BCUT2D eigenvalue weighted by Crippen LogP contribution is 2.29. The van der Waals surface area contributed by atoms with Crippen molar-refractivity contribution < 1.29 is 14.6 Å². The van der Waals surface area contributed by atoms with Crippen LogP contribution in [0.2, 0.25) is 0 Å². The maximum absolute atomic E-state index is 13.1. The topological polar surface area (TPSA) is 134 Å². The van der Waals surface area contributed by atoms with Gasteiger partial charge in [-0.1, -0.05) is 48.2 Å². The predicted octanol–water partition coefficient (Wildman–Crippen LogP) is 3.54. The summed E-state index contributed by atoms with van der Waals surface area (Å²) >= 11 is 1.19. The van der Waals surface area contributed by atoms with E-state index >= 15 is 0 Å². The standard InChI is InChI=1S/C24H25N5O6S/c1-17-20(15-26-10-12-35-13-11-26)23(30)25-24(36-16-19-7-3-5-9-22(19)29(33)34)27(17)14-18-6-2-4-8-21(18)28(31)32/h2-9H,10-16H2,1H3. The van der Waals surface area contributed by atoms with Crippen LogP contribution >= 0.6 is 11.8 Å². The molecule has 36 heavy (non-hydrogen) atoms. The highest BCUT2D eigenvalue weighted by molar-refractivity contribution is 7.98. The first-order valence-corrected chi connectivity index (χ1v) is 12.3. The lowest BCUT2D eigenvalue weighted by atomic mass is 10.1. The van der Waals surface area contributed by atoms with Gasteiger partial charge in [0.05, 0.1) is 35.2 Å². The number of para-hydroxylation sites is 2. The lowest BCUT2D eigenvalue weighted by Gasteiger charge is -2.27. The Kier molecular flexibility index (Phi) is 8.08. The SMILES string of the molecule is Cc1c(CN2CCOCC2)c(=O)nc(SCc2ccccc2[N+](=O)[O-])n1Cc1ccccc1[N+](=O)[O-]. The summed E-state index contributed by atoms with van der Waals surface area (Å²) in [6.07, 6.45) is 0. The van der Waals surface area contributed by atoms with Crippen LogP contribution < -0.4 is 5.56 Å². The first kappa shape index (κ1) is 25.5. The quantitative estimate of drug-likeness (QED) is 0.183. The van der Waals surface area contributed by atoms with Crippen molar-refractivity contribution in [2.45, 2.75) is 30.9 Å². The third kappa shape index (κ3) is 5.78. The molecule has 0 amide bonds. The van der Waals surface area contributed by atoms with Gasteiger partial charge in [0, 0.05) is 54.3 Å². The molecule has 0 N–H and O–H groups in total. The summed E-state index contributed by atoms with van der Waals surface area (Å²) in [6, 6.07) is 12.8. The summed E-state index contributed by atoms with van der Waals surface area (Å²) in [5, 5.41) is 23.4. The zero-order valence-electron chi connectivity index (χ0n) is 19.7. The van der Waals surface area contributed by atoms with Gasteiger partial charge in [-0.25, -0.2) is 0 Å². The number of nitro groups is 2. The van der Waals surface area contributed by atoms with E-state index in [9.17, 15) is 25.0 Å². The molecule has 0 bridgehead atoms. The highest BCUT2D eigenvalue weighted by atomic mass is 32.2. The van der Waals surface area contributed by atoms with Crippen molar-refractivity contribution in [2.75, 3.05) is 26.3 Å². The second kappa shape index (κ2) is 11.4. The van der Waals surface area contributed by atoms with Gasteiger partial charge in [-0.3, -0.25) is 29.9 Å². The predicted molar refractivity (Wildman–Crippen MR) is 134 cm³/mol. The summed E-state index contributed by atoms with van der Waals surface area (Å²) in [7, 11) is 0. The van der Waals surface area contributed by atoms with Crippen molar-refractivity contribution in [1.82, 2.24) is 14.5 Å². The number of nitrogens with zero attached hydrogens (tertiary/aromatic N) is 5. The van der Waals surface area contributed by atoms with E-state index in [4.69, 9.17) is 4.74 Å². The lowest BCUT2D eigenvalue weighted by molar-refractivity contribution is -0.385. The summed E-state index contributed by atoms with van der Waals surface area (Å²) in [6.45, 7) is 4.89. The van der Waals surface area contributed by atoms with Crippen molar-refractivity contribution in [2.24, 2.45) is 0 Å². The van der Waals surface area contributed by atoms with Crippen molar-refractivity contribution in [1.29, 1.82) is 0 Å². The van der Waals surface area contributed by atoms with Crippen LogP contribution in [0.25, 0.3) is 0 Å². The van der Waals surface area contributed by atoms with Gasteiger partial charge in [0.1, 0.15) is 0 Å². The molecule has 2 heterocycles. The first-order chi connectivity index (χ1) is 17.3. The van der Waals surface area contributed by atoms with Crippen LogP contribution in [-0.2, 0) is 23.6 Å². The average Bonchev–Trinajstić information content (AvgIpc) is 2.88. The van der Waals surface area contributed by atoms with Crippen LogP contribution in [0.3, 0.4) is 0 Å². The Labute approximate surface area is 211 Å². The largest absolute Gasteiger partial charge is 0.379 e. The Morgan fingerprint density at radius 3 is 2.17 bits per heavy atom.